The van der Waals surface area contributed by atoms with Crippen LogP contribution in [0.2, 0.25) is 0 Å². The lowest BCUT2D eigenvalue weighted by molar-refractivity contribution is -0.122. The molecule has 0 aliphatic heterocycles. The number of rotatable bonds is 2. The number of hydrogen-bond acceptors (Lipinski definition) is 3. The van der Waals surface area contributed by atoms with Gasteiger partial charge in [-0.15, -0.1) is 0 Å². The van der Waals surface area contributed by atoms with Crippen molar-refractivity contribution in [3.63, 3.8) is 0 Å². The van der Waals surface area contributed by atoms with Crippen molar-refractivity contribution >= 4 is 11.8 Å². The predicted octanol–water partition coefficient (Wildman–Crippen LogP) is 0.494. The zero-order valence-corrected chi connectivity index (χ0v) is 11.5. The highest BCUT2D eigenvalue weighted by atomic mass is 16.2. The van der Waals surface area contributed by atoms with Crippen molar-refractivity contribution < 1.29 is 9.59 Å². The van der Waals surface area contributed by atoms with Gasteiger partial charge in [-0.25, -0.2) is 0 Å². The van der Waals surface area contributed by atoms with Gasteiger partial charge in [0.2, 0.25) is 11.8 Å². The molecule has 0 rings (SSSR count). The van der Waals surface area contributed by atoms with Crippen molar-refractivity contribution in [1.82, 2.24) is 10.6 Å². The van der Waals surface area contributed by atoms with Gasteiger partial charge in [0.15, 0.2) is 0 Å². The molecule has 0 spiro atoms. The second-order valence-electron chi connectivity index (χ2n) is 3.19. The van der Waals surface area contributed by atoms with E-state index in [1.807, 2.05) is 27.7 Å². The lowest BCUT2D eigenvalue weighted by Gasteiger charge is -2.12. The van der Waals surface area contributed by atoms with E-state index in [1.165, 1.54) is 6.92 Å². The van der Waals surface area contributed by atoms with E-state index in [-0.39, 0.29) is 23.8 Å². The Bertz CT molecular complexity index is 182. The van der Waals surface area contributed by atoms with Gasteiger partial charge in [0, 0.05) is 21.0 Å². The zero-order chi connectivity index (χ0) is 13.7. The molecule has 0 aliphatic rings. The van der Waals surface area contributed by atoms with E-state index >= 15 is 0 Å². The van der Waals surface area contributed by atoms with Crippen molar-refractivity contribution in [1.29, 1.82) is 0 Å². The normalized spacial score (nSPS) is 10.1. The Kier molecular flexibility index (Phi) is 17.7. The fourth-order valence-electron chi connectivity index (χ4n) is 0.469. The fourth-order valence-corrected chi connectivity index (χ4v) is 0.469. The van der Waals surface area contributed by atoms with Gasteiger partial charge in [-0.3, -0.25) is 9.59 Å². The lowest BCUT2D eigenvalue weighted by atomic mass is 10.1. The molecule has 1 atom stereocenters. The summed E-state index contributed by atoms with van der Waals surface area (Å²) in [4.78, 5) is 20.4. The molecule has 0 saturated carbocycles. The Labute approximate surface area is 99.2 Å². The summed E-state index contributed by atoms with van der Waals surface area (Å²) >= 11 is 0. The van der Waals surface area contributed by atoms with Crippen molar-refractivity contribution in [2.45, 2.75) is 40.7 Å². The maximum Gasteiger partial charge on any atom is 0.236 e. The Morgan fingerprint density at radius 3 is 1.44 bits per heavy atom. The van der Waals surface area contributed by atoms with Gasteiger partial charge in [-0.05, 0) is 5.92 Å². The molecule has 0 fully saturated rings. The molecular formula is C11H27N3O2. The number of likely N-dealkylation sites (N-methyl/N-ethyl adjacent to an activating group) is 1. The van der Waals surface area contributed by atoms with Crippen LogP contribution in [0.5, 0.6) is 0 Å². The summed E-state index contributed by atoms with van der Waals surface area (Å²) in [6, 6.07) is -0.366. The second-order valence-corrected chi connectivity index (χ2v) is 3.19. The second kappa shape index (κ2) is 13.9. The summed E-state index contributed by atoms with van der Waals surface area (Å²) in [6.45, 7) is 9.31. The van der Waals surface area contributed by atoms with Crippen LogP contribution in [0.4, 0.5) is 0 Å². The Morgan fingerprint density at radius 2 is 1.38 bits per heavy atom. The number of nitrogens with two attached hydrogens (primary N) is 1. The first-order chi connectivity index (χ1) is 7.36. The molecule has 0 bridgehead atoms. The van der Waals surface area contributed by atoms with E-state index in [9.17, 15) is 9.59 Å². The molecule has 5 heteroatoms. The minimum atomic E-state index is -0.366. The molecule has 0 aromatic rings. The minimum Gasteiger partial charge on any atom is -0.359 e. The van der Waals surface area contributed by atoms with Crippen LogP contribution in [-0.2, 0) is 9.59 Å². The van der Waals surface area contributed by atoms with E-state index in [0.717, 1.165) is 0 Å². The summed E-state index contributed by atoms with van der Waals surface area (Å²) in [5.74, 6) is 0.125. The Morgan fingerprint density at radius 1 is 1.06 bits per heavy atom. The largest absolute Gasteiger partial charge is 0.359 e. The molecule has 98 valence electrons. The first kappa shape index (κ1) is 20.3. The van der Waals surface area contributed by atoms with Crippen molar-refractivity contribution in [2.75, 3.05) is 14.1 Å². The average Bonchev–Trinajstić information content (AvgIpc) is 2.30. The maximum atomic E-state index is 10.7. The van der Waals surface area contributed by atoms with Crippen LogP contribution in [0.15, 0.2) is 0 Å². The molecule has 0 saturated heterocycles. The standard InChI is InChI=1S/C6H14N2O.C3H7NO.C2H6/c1-4(2)5(7)6(9)8-3;1-3(5)4-2;1-2/h4-5H,7H2,1-3H3,(H,8,9);1-2H3,(H,4,5);1-2H3. The summed E-state index contributed by atoms with van der Waals surface area (Å²) in [6.07, 6.45) is 0. The van der Waals surface area contributed by atoms with Gasteiger partial charge in [0.05, 0.1) is 6.04 Å². The van der Waals surface area contributed by atoms with Gasteiger partial charge in [-0.2, -0.15) is 0 Å². The molecule has 0 radical (unpaired) electrons. The van der Waals surface area contributed by atoms with E-state index in [0.29, 0.717) is 0 Å². The van der Waals surface area contributed by atoms with E-state index < -0.39 is 0 Å². The Hall–Kier alpha value is -1.10. The first-order valence-electron chi connectivity index (χ1n) is 5.52. The number of nitrogens with one attached hydrogen (secondary N) is 2. The van der Waals surface area contributed by atoms with Crippen LogP contribution in [0, 0.1) is 5.92 Å². The monoisotopic (exact) mass is 233 g/mol. The number of carbonyl (C=O) groups excluding carboxylic acids is 2. The Balaban J connectivity index is -0.000000205. The topological polar surface area (TPSA) is 84.2 Å². The highest BCUT2D eigenvalue weighted by molar-refractivity contribution is 5.81. The van der Waals surface area contributed by atoms with Crippen LogP contribution >= 0.6 is 0 Å². The van der Waals surface area contributed by atoms with Crippen LogP contribution in [0.1, 0.15) is 34.6 Å². The molecule has 16 heavy (non-hydrogen) atoms. The van der Waals surface area contributed by atoms with Gasteiger partial charge in [-0.1, -0.05) is 27.7 Å². The summed E-state index contributed by atoms with van der Waals surface area (Å²) in [5, 5.41) is 4.87. The third-order valence-electron chi connectivity index (χ3n) is 1.62. The number of hydrogen-bond donors (Lipinski definition) is 3. The molecule has 1 unspecified atom stereocenters. The first-order valence-corrected chi connectivity index (χ1v) is 5.52. The van der Waals surface area contributed by atoms with Gasteiger partial charge in [0.1, 0.15) is 0 Å². The van der Waals surface area contributed by atoms with Gasteiger partial charge in [0.25, 0.3) is 0 Å². The average molecular weight is 233 g/mol. The minimum absolute atomic E-state index is 0.00463. The smallest absolute Gasteiger partial charge is 0.236 e. The van der Waals surface area contributed by atoms with Crippen LogP contribution in [-0.4, -0.2) is 32.0 Å². The molecule has 2 amide bonds. The number of carbonyl (C=O) groups is 2. The van der Waals surface area contributed by atoms with Crippen LogP contribution in [0.3, 0.4) is 0 Å². The quantitative estimate of drug-likeness (QED) is 0.649. The molecule has 0 aromatic heterocycles. The third kappa shape index (κ3) is 15.4. The SMILES string of the molecule is CC.CNC(=O)C(N)C(C)C.CNC(C)=O. The summed E-state index contributed by atoms with van der Waals surface area (Å²) < 4.78 is 0. The van der Waals surface area contributed by atoms with Crippen molar-refractivity contribution in [3.8, 4) is 0 Å². The van der Waals surface area contributed by atoms with Crippen molar-refractivity contribution in [2.24, 2.45) is 11.7 Å². The van der Waals surface area contributed by atoms with Gasteiger partial charge >= 0.3 is 0 Å². The van der Waals surface area contributed by atoms with Crippen LogP contribution < -0.4 is 16.4 Å². The number of amides is 2. The fraction of sp³-hybridized carbons (Fsp3) is 0.818. The van der Waals surface area contributed by atoms with Crippen molar-refractivity contribution in [3.05, 3.63) is 0 Å². The highest BCUT2D eigenvalue weighted by Gasteiger charge is 2.14. The van der Waals surface area contributed by atoms with E-state index in [2.05, 4.69) is 10.6 Å². The maximum absolute atomic E-state index is 10.7. The summed E-state index contributed by atoms with van der Waals surface area (Å²) in [7, 11) is 3.19. The molecule has 4 N–H and O–H groups in total. The third-order valence-corrected chi connectivity index (χ3v) is 1.62. The van der Waals surface area contributed by atoms with Crippen LogP contribution in [0.25, 0.3) is 0 Å². The summed E-state index contributed by atoms with van der Waals surface area (Å²) in [5.41, 5.74) is 5.46. The molecule has 5 nitrogen and oxygen atoms in total. The lowest BCUT2D eigenvalue weighted by Crippen LogP contribution is -2.42. The zero-order valence-electron chi connectivity index (χ0n) is 11.5. The van der Waals surface area contributed by atoms with E-state index in [4.69, 9.17) is 5.73 Å². The highest BCUT2D eigenvalue weighted by Crippen LogP contribution is 1.96. The molecule has 0 aromatic carbocycles. The van der Waals surface area contributed by atoms with Gasteiger partial charge < -0.3 is 16.4 Å². The predicted molar refractivity (Wildman–Crippen MR) is 68.0 cm³/mol. The molecule has 0 heterocycles. The molecular weight excluding hydrogens is 206 g/mol. The molecule has 0 aliphatic carbocycles. The van der Waals surface area contributed by atoms with E-state index in [1.54, 1.807) is 14.1 Å².